The predicted octanol–water partition coefficient (Wildman–Crippen LogP) is 2.28. The van der Waals surface area contributed by atoms with Crippen molar-refractivity contribution in [2.75, 3.05) is 5.32 Å². The monoisotopic (exact) mass is 358 g/mol. The molecule has 0 unspecified atom stereocenters. The normalized spacial score (nSPS) is 11.5. The summed E-state index contributed by atoms with van der Waals surface area (Å²) in [6, 6.07) is 5.05. The minimum absolute atomic E-state index is 0.0491. The van der Waals surface area contributed by atoms with Crippen molar-refractivity contribution in [2.24, 2.45) is 0 Å². The average Bonchev–Trinajstić information content (AvgIpc) is 2.36. The van der Waals surface area contributed by atoms with E-state index >= 15 is 0 Å². The highest BCUT2D eigenvalue weighted by Crippen LogP contribution is 2.15. The summed E-state index contributed by atoms with van der Waals surface area (Å²) < 4.78 is 0.775. The maximum absolute atomic E-state index is 11.7. The molecule has 0 saturated heterocycles. The lowest BCUT2D eigenvalue weighted by Crippen LogP contribution is -2.43. The SMILES string of the molecule is O=C(O)CCC[C@@H](NC(=O)Nc1cccc(Br)c1)C(=O)O. The van der Waals surface area contributed by atoms with Crippen LogP contribution < -0.4 is 10.6 Å². The Morgan fingerprint density at radius 3 is 2.52 bits per heavy atom. The van der Waals surface area contributed by atoms with Gasteiger partial charge in [-0.2, -0.15) is 0 Å². The number of benzene rings is 1. The van der Waals surface area contributed by atoms with Crippen molar-refractivity contribution in [1.29, 1.82) is 0 Å². The fourth-order valence-corrected chi connectivity index (χ4v) is 2.01. The number of urea groups is 1. The van der Waals surface area contributed by atoms with E-state index in [1.165, 1.54) is 0 Å². The largest absolute Gasteiger partial charge is 0.481 e. The Labute approximate surface area is 129 Å². The Kier molecular flexibility index (Phi) is 6.67. The van der Waals surface area contributed by atoms with Gasteiger partial charge in [0.15, 0.2) is 0 Å². The summed E-state index contributed by atoms with van der Waals surface area (Å²) in [5.41, 5.74) is 0.511. The van der Waals surface area contributed by atoms with Crippen molar-refractivity contribution < 1.29 is 24.6 Å². The molecule has 7 nitrogen and oxygen atoms in total. The van der Waals surface area contributed by atoms with Gasteiger partial charge in [-0.3, -0.25) is 4.79 Å². The third-order valence-electron chi connectivity index (χ3n) is 2.57. The van der Waals surface area contributed by atoms with Crippen LogP contribution in [0.4, 0.5) is 10.5 Å². The highest BCUT2D eigenvalue weighted by Gasteiger charge is 2.19. The number of hydrogen-bond donors (Lipinski definition) is 4. The number of carbonyl (C=O) groups excluding carboxylic acids is 1. The van der Waals surface area contributed by atoms with Gasteiger partial charge in [-0.25, -0.2) is 9.59 Å². The smallest absolute Gasteiger partial charge is 0.326 e. The molecule has 0 spiro atoms. The number of halogens is 1. The number of rotatable bonds is 7. The van der Waals surface area contributed by atoms with Gasteiger partial charge >= 0.3 is 18.0 Å². The zero-order valence-electron chi connectivity index (χ0n) is 11.0. The average molecular weight is 359 g/mol. The number of carboxylic acid groups (broad SMARTS) is 2. The molecule has 0 aromatic heterocycles. The Morgan fingerprint density at radius 1 is 1.24 bits per heavy atom. The molecule has 0 bridgehead atoms. The number of anilines is 1. The predicted molar refractivity (Wildman–Crippen MR) is 79.2 cm³/mol. The second kappa shape index (κ2) is 8.25. The van der Waals surface area contributed by atoms with Gasteiger partial charge in [-0.15, -0.1) is 0 Å². The summed E-state index contributed by atoms with van der Waals surface area (Å²) >= 11 is 3.25. The van der Waals surface area contributed by atoms with Crippen LogP contribution >= 0.6 is 15.9 Å². The summed E-state index contributed by atoms with van der Waals surface area (Å²) in [5, 5.41) is 22.3. The molecule has 0 fully saturated rings. The first-order chi connectivity index (χ1) is 9.88. The minimum atomic E-state index is -1.20. The van der Waals surface area contributed by atoms with Gasteiger partial charge in [-0.1, -0.05) is 22.0 Å². The van der Waals surface area contributed by atoms with E-state index in [4.69, 9.17) is 10.2 Å². The summed E-state index contributed by atoms with van der Waals surface area (Å²) in [6.07, 6.45) is 0.0791. The van der Waals surface area contributed by atoms with Gasteiger partial charge < -0.3 is 20.8 Å². The summed E-state index contributed by atoms with van der Waals surface area (Å²) in [7, 11) is 0. The molecule has 0 radical (unpaired) electrons. The van der Waals surface area contributed by atoms with E-state index in [9.17, 15) is 14.4 Å². The van der Waals surface area contributed by atoms with Crippen LogP contribution in [0, 0.1) is 0 Å². The molecule has 8 heteroatoms. The summed E-state index contributed by atoms with van der Waals surface area (Å²) in [4.78, 5) is 33.1. The lowest BCUT2D eigenvalue weighted by atomic mass is 10.1. The Morgan fingerprint density at radius 2 is 1.95 bits per heavy atom. The van der Waals surface area contributed by atoms with Crippen LogP contribution in [0.3, 0.4) is 0 Å². The quantitative estimate of drug-likeness (QED) is 0.596. The molecule has 4 N–H and O–H groups in total. The van der Waals surface area contributed by atoms with E-state index in [2.05, 4.69) is 26.6 Å². The van der Waals surface area contributed by atoms with E-state index in [0.29, 0.717) is 5.69 Å². The number of aliphatic carboxylic acids is 2. The molecule has 114 valence electrons. The molecule has 1 rings (SSSR count). The number of carboxylic acids is 2. The topological polar surface area (TPSA) is 116 Å². The third kappa shape index (κ3) is 6.75. The highest BCUT2D eigenvalue weighted by molar-refractivity contribution is 9.10. The van der Waals surface area contributed by atoms with Gasteiger partial charge in [0.25, 0.3) is 0 Å². The van der Waals surface area contributed by atoms with Crippen molar-refractivity contribution in [2.45, 2.75) is 25.3 Å². The van der Waals surface area contributed by atoms with Gasteiger partial charge in [0.05, 0.1) is 0 Å². The maximum atomic E-state index is 11.7. The molecular formula is C13H15BrN2O5. The maximum Gasteiger partial charge on any atom is 0.326 e. The summed E-state index contributed by atoms with van der Waals surface area (Å²) in [6.45, 7) is 0. The van der Waals surface area contributed by atoms with E-state index in [1.807, 2.05) is 0 Å². The van der Waals surface area contributed by atoms with Gasteiger partial charge in [-0.05, 0) is 31.0 Å². The van der Waals surface area contributed by atoms with Crippen molar-refractivity contribution in [3.63, 3.8) is 0 Å². The highest BCUT2D eigenvalue weighted by atomic mass is 79.9. The van der Waals surface area contributed by atoms with Gasteiger partial charge in [0.1, 0.15) is 6.04 Å². The van der Waals surface area contributed by atoms with Crippen LogP contribution in [0.25, 0.3) is 0 Å². The van der Waals surface area contributed by atoms with Crippen molar-refractivity contribution >= 4 is 39.6 Å². The first-order valence-electron chi connectivity index (χ1n) is 6.16. The third-order valence-corrected chi connectivity index (χ3v) is 3.06. The number of hydrogen-bond acceptors (Lipinski definition) is 3. The molecule has 0 aliphatic rings. The molecular weight excluding hydrogens is 344 g/mol. The van der Waals surface area contributed by atoms with Crippen LogP contribution in [0.15, 0.2) is 28.7 Å². The fourth-order valence-electron chi connectivity index (χ4n) is 1.61. The van der Waals surface area contributed by atoms with E-state index in [1.54, 1.807) is 24.3 Å². The number of nitrogens with one attached hydrogen (secondary N) is 2. The molecule has 0 aliphatic heterocycles. The van der Waals surface area contributed by atoms with E-state index in [-0.39, 0.29) is 19.3 Å². The lowest BCUT2D eigenvalue weighted by Gasteiger charge is -2.14. The second-order valence-corrected chi connectivity index (χ2v) is 5.20. The molecule has 2 amide bonds. The zero-order chi connectivity index (χ0) is 15.8. The van der Waals surface area contributed by atoms with Crippen molar-refractivity contribution in [1.82, 2.24) is 5.32 Å². The van der Waals surface area contributed by atoms with Crippen LogP contribution in [0.5, 0.6) is 0 Å². The minimum Gasteiger partial charge on any atom is -0.481 e. The first-order valence-corrected chi connectivity index (χ1v) is 6.95. The lowest BCUT2D eigenvalue weighted by molar-refractivity contribution is -0.140. The molecule has 0 heterocycles. The van der Waals surface area contributed by atoms with Crippen LogP contribution in [0.2, 0.25) is 0 Å². The molecule has 1 atom stereocenters. The standard InChI is InChI=1S/C13H15BrN2O5/c14-8-3-1-4-9(7-8)15-13(21)16-10(12(19)20)5-2-6-11(17)18/h1,3-4,7,10H,2,5-6H2,(H,17,18)(H,19,20)(H2,15,16,21)/t10-/m1/s1. The second-order valence-electron chi connectivity index (χ2n) is 4.29. The van der Waals surface area contributed by atoms with Crippen LogP contribution in [0.1, 0.15) is 19.3 Å². The van der Waals surface area contributed by atoms with Gasteiger partial charge in [0, 0.05) is 16.6 Å². The molecule has 0 saturated carbocycles. The summed E-state index contributed by atoms with van der Waals surface area (Å²) in [5.74, 6) is -2.21. The van der Waals surface area contributed by atoms with Crippen LogP contribution in [-0.2, 0) is 9.59 Å². The Balaban J connectivity index is 2.52. The number of carbonyl (C=O) groups is 3. The molecule has 1 aromatic carbocycles. The molecule has 21 heavy (non-hydrogen) atoms. The first kappa shape index (κ1) is 17.0. The van der Waals surface area contributed by atoms with E-state index in [0.717, 1.165) is 4.47 Å². The van der Waals surface area contributed by atoms with E-state index < -0.39 is 24.0 Å². The van der Waals surface area contributed by atoms with Gasteiger partial charge in [0.2, 0.25) is 0 Å². The Bertz CT molecular complexity index is 535. The fraction of sp³-hybridized carbons (Fsp3) is 0.308. The molecule has 0 aliphatic carbocycles. The molecule has 1 aromatic rings. The zero-order valence-corrected chi connectivity index (χ0v) is 12.6. The van der Waals surface area contributed by atoms with Crippen molar-refractivity contribution in [3.8, 4) is 0 Å². The van der Waals surface area contributed by atoms with Crippen LogP contribution in [-0.4, -0.2) is 34.2 Å². The Hall–Kier alpha value is -2.09. The van der Waals surface area contributed by atoms with Crippen molar-refractivity contribution in [3.05, 3.63) is 28.7 Å². The number of amides is 2.